The lowest BCUT2D eigenvalue weighted by molar-refractivity contribution is 0.883. The first kappa shape index (κ1) is 15.7. The van der Waals surface area contributed by atoms with Gasteiger partial charge in [0.05, 0.1) is 16.4 Å². The van der Waals surface area contributed by atoms with E-state index in [9.17, 15) is 0 Å². The van der Waals surface area contributed by atoms with E-state index in [0.717, 1.165) is 35.7 Å². The Kier molecular flexibility index (Phi) is 3.66. The smallest absolute Gasteiger partial charge is 0.133 e. The molecule has 1 aromatic heterocycles. The Hall–Kier alpha value is -2.49. The van der Waals surface area contributed by atoms with Crippen LogP contribution < -0.4 is 5.32 Å². The summed E-state index contributed by atoms with van der Waals surface area (Å²) < 4.78 is 1.88. The van der Waals surface area contributed by atoms with Gasteiger partial charge in [0, 0.05) is 22.7 Å². The van der Waals surface area contributed by atoms with Crippen LogP contribution in [0.1, 0.15) is 5.56 Å². The highest BCUT2D eigenvalue weighted by Gasteiger charge is 2.25. The summed E-state index contributed by atoms with van der Waals surface area (Å²) in [5.74, 6) is 0.998. The van der Waals surface area contributed by atoms with Crippen LogP contribution in [0.3, 0.4) is 0 Å². The second-order valence-corrected chi connectivity index (χ2v) is 7.27. The van der Waals surface area contributed by atoms with Gasteiger partial charge in [-0.2, -0.15) is 5.10 Å². The molecule has 0 radical (unpaired) electrons. The molecule has 4 aromatic rings. The fraction of sp³-hybridized carbons (Fsp3) is 0.0952. The van der Waals surface area contributed by atoms with Gasteiger partial charge in [-0.25, -0.2) is 4.68 Å². The normalized spacial score (nSPS) is 13.0. The Morgan fingerprint density at radius 1 is 0.923 bits per heavy atom. The zero-order valence-electron chi connectivity index (χ0n) is 13.8. The fourth-order valence-electron chi connectivity index (χ4n) is 3.57. The summed E-state index contributed by atoms with van der Waals surface area (Å²) in [4.78, 5) is 0. The molecule has 0 atom stereocenters. The van der Waals surface area contributed by atoms with Gasteiger partial charge in [0.1, 0.15) is 5.82 Å². The molecule has 0 bridgehead atoms. The van der Waals surface area contributed by atoms with Crippen LogP contribution in [0.25, 0.3) is 27.7 Å². The number of halogens is 2. The Morgan fingerprint density at radius 3 is 2.65 bits per heavy atom. The average molecular weight is 380 g/mol. The zero-order chi connectivity index (χ0) is 17.7. The van der Waals surface area contributed by atoms with Crippen molar-refractivity contribution in [1.82, 2.24) is 9.78 Å². The van der Waals surface area contributed by atoms with E-state index in [2.05, 4.69) is 47.8 Å². The molecule has 1 aliphatic heterocycles. The van der Waals surface area contributed by atoms with Crippen LogP contribution in [0.5, 0.6) is 0 Å². The quantitative estimate of drug-likeness (QED) is 0.465. The SMILES string of the molecule is Clc1ccc(Cl)c(-n2nc(-c3ccc4ccccc4c3)c3c2NCC3)c1. The minimum Gasteiger partial charge on any atom is -0.369 e. The number of fused-ring (bicyclic) bond motifs is 2. The minimum absolute atomic E-state index is 0.624. The second kappa shape index (κ2) is 6.04. The van der Waals surface area contributed by atoms with E-state index in [1.807, 2.05) is 10.7 Å². The highest BCUT2D eigenvalue weighted by atomic mass is 35.5. The fourth-order valence-corrected chi connectivity index (χ4v) is 3.93. The van der Waals surface area contributed by atoms with Crippen molar-refractivity contribution in [2.24, 2.45) is 0 Å². The summed E-state index contributed by atoms with van der Waals surface area (Å²) >= 11 is 12.6. The van der Waals surface area contributed by atoms with Crippen molar-refractivity contribution in [2.75, 3.05) is 11.9 Å². The molecule has 0 saturated carbocycles. The van der Waals surface area contributed by atoms with Gasteiger partial charge in [-0.3, -0.25) is 0 Å². The van der Waals surface area contributed by atoms with Crippen molar-refractivity contribution < 1.29 is 0 Å². The van der Waals surface area contributed by atoms with E-state index in [4.69, 9.17) is 28.3 Å². The third kappa shape index (κ3) is 2.47. The molecule has 5 rings (SSSR count). The Bertz CT molecular complexity index is 1150. The van der Waals surface area contributed by atoms with Crippen molar-refractivity contribution in [3.63, 3.8) is 0 Å². The van der Waals surface area contributed by atoms with Crippen LogP contribution in [0.15, 0.2) is 60.7 Å². The van der Waals surface area contributed by atoms with Crippen molar-refractivity contribution in [3.8, 4) is 16.9 Å². The molecule has 0 aliphatic carbocycles. The molecule has 1 aliphatic rings. The number of hydrogen-bond donors (Lipinski definition) is 1. The zero-order valence-corrected chi connectivity index (χ0v) is 15.3. The predicted molar refractivity (Wildman–Crippen MR) is 109 cm³/mol. The van der Waals surface area contributed by atoms with Gasteiger partial charge in [0.2, 0.25) is 0 Å². The second-order valence-electron chi connectivity index (χ2n) is 6.42. The first-order valence-electron chi connectivity index (χ1n) is 8.51. The molecule has 128 valence electrons. The largest absolute Gasteiger partial charge is 0.369 e. The van der Waals surface area contributed by atoms with E-state index < -0.39 is 0 Å². The standard InChI is InChI=1S/C21H15Cl2N3/c22-16-7-8-18(23)19(12-16)26-21-17(9-10-24-21)20(25-26)15-6-5-13-3-1-2-4-14(13)11-15/h1-8,11-12,24H,9-10H2. The third-order valence-electron chi connectivity index (χ3n) is 4.81. The van der Waals surface area contributed by atoms with Crippen molar-refractivity contribution in [1.29, 1.82) is 0 Å². The highest BCUT2D eigenvalue weighted by molar-refractivity contribution is 6.34. The highest BCUT2D eigenvalue weighted by Crippen LogP contribution is 2.37. The van der Waals surface area contributed by atoms with Gasteiger partial charge in [-0.1, -0.05) is 59.6 Å². The molecule has 2 heterocycles. The van der Waals surface area contributed by atoms with E-state index in [1.165, 1.54) is 16.3 Å². The van der Waals surface area contributed by atoms with Crippen LogP contribution in [-0.4, -0.2) is 16.3 Å². The Balaban J connectivity index is 1.72. The third-order valence-corrected chi connectivity index (χ3v) is 5.36. The molecule has 0 spiro atoms. The lowest BCUT2D eigenvalue weighted by Crippen LogP contribution is -2.04. The van der Waals surface area contributed by atoms with Gasteiger partial charge in [0.15, 0.2) is 0 Å². The summed E-state index contributed by atoms with van der Waals surface area (Å²) in [5.41, 5.74) is 4.11. The number of anilines is 1. The van der Waals surface area contributed by atoms with Crippen LogP contribution >= 0.6 is 23.2 Å². The maximum atomic E-state index is 6.42. The minimum atomic E-state index is 0.624. The van der Waals surface area contributed by atoms with Gasteiger partial charge in [-0.05, 0) is 41.5 Å². The Labute approximate surface area is 161 Å². The van der Waals surface area contributed by atoms with Crippen molar-refractivity contribution in [3.05, 3.63) is 76.3 Å². The molecule has 3 aromatic carbocycles. The molecular formula is C21H15Cl2N3. The molecule has 0 fully saturated rings. The summed E-state index contributed by atoms with van der Waals surface area (Å²) in [6.45, 7) is 0.895. The van der Waals surface area contributed by atoms with Gasteiger partial charge < -0.3 is 5.32 Å². The predicted octanol–water partition coefficient (Wildman–Crippen LogP) is 5.97. The number of rotatable bonds is 2. The number of hydrogen-bond acceptors (Lipinski definition) is 2. The average Bonchev–Trinajstić information content (AvgIpc) is 3.26. The van der Waals surface area contributed by atoms with Crippen molar-refractivity contribution >= 4 is 39.8 Å². The first-order chi connectivity index (χ1) is 12.7. The van der Waals surface area contributed by atoms with E-state index in [1.54, 1.807) is 12.1 Å². The maximum Gasteiger partial charge on any atom is 0.133 e. The number of nitrogens with zero attached hydrogens (tertiary/aromatic N) is 2. The van der Waals surface area contributed by atoms with Gasteiger partial charge in [-0.15, -0.1) is 0 Å². The number of nitrogens with one attached hydrogen (secondary N) is 1. The molecule has 0 amide bonds. The molecule has 3 nitrogen and oxygen atoms in total. The Morgan fingerprint density at radius 2 is 1.77 bits per heavy atom. The summed E-state index contributed by atoms with van der Waals surface area (Å²) in [6.07, 6.45) is 0.940. The lowest BCUT2D eigenvalue weighted by Gasteiger charge is -2.09. The van der Waals surface area contributed by atoms with Crippen LogP contribution in [0.2, 0.25) is 10.0 Å². The monoisotopic (exact) mass is 379 g/mol. The number of aromatic nitrogens is 2. The van der Waals surface area contributed by atoms with E-state index >= 15 is 0 Å². The molecule has 0 unspecified atom stereocenters. The lowest BCUT2D eigenvalue weighted by atomic mass is 10.0. The number of benzene rings is 3. The van der Waals surface area contributed by atoms with Crippen LogP contribution in [0, 0.1) is 0 Å². The maximum absolute atomic E-state index is 6.42. The van der Waals surface area contributed by atoms with E-state index in [0.29, 0.717) is 10.0 Å². The molecular weight excluding hydrogens is 365 g/mol. The van der Waals surface area contributed by atoms with E-state index in [-0.39, 0.29) is 0 Å². The van der Waals surface area contributed by atoms with Crippen LogP contribution in [-0.2, 0) is 6.42 Å². The van der Waals surface area contributed by atoms with Gasteiger partial charge >= 0.3 is 0 Å². The summed E-state index contributed by atoms with van der Waals surface area (Å²) in [5, 5.41) is 12.0. The summed E-state index contributed by atoms with van der Waals surface area (Å²) in [7, 11) is 0. The first-order valence-corrected chi connectivity index (χ1v) is 9.27. The molecule has 26 heavy (non-hydrogen) atoms. The molecule has 1 N–H and O–H groups in total. The topological polar surface area (TPSA) is 29.9 Å². The summed E-state index contributed by atoms with van der Waals surface area (Å²) in [6, 6.07) is 20.3. The molecule has 5 heteroatoms. The van der Waals surface area contributed by atoms with Crippen LogP contribution in [0.4, 0.5) is 5.82 Å². The van der Waals surface area contributed by atoms with Crippen molar-refractivity contribution in [2.45, 2.75) is 6.42 Å². The van der Waals surface area contributed by atoms with Gasteiger partial charge in [0.25, 0.3) is 0 Å². The molecule has 0 saturated heterocycles.